The van der Waals surface area contributed by atoms with Crippen molar-refractivity contribution in [1.29, 1.82) is 0 Å². The molecule has 156 valence electrons. The van der Waals surface area contributed by atoms with Crippen LogP contribution in [-0.4, -0.2) is 57.2 Å². The molecule has 3 aromatic rings. The Morgan fingerprint density at radius 2 is 1.70 bits per heavy atom. The van der Waals surface area contributed by atoms with Crippen LogP contribution in [0, 0.1) is 5.82 Å². The quantitative estimate of drug-likeness (QED) is 0.660. The molecule has 2 aromatic heterocycles. The third kappa shape index (κ3) is 4.09. The van der Waals surface area contributed by atoms with Gasteiger partial charge in [-0.05, 0) is 30.3 Å². The highest BCUT2D eigenvalue weighted by Gasteiger charge is 2.33. The van der Waals surface area contributed by atoms with Gasteiger partial charge in [0.2, 0.25) is 0 Å². The molecule has 11 heteroatoms. The Balaban J connectivity index is 1.41. The van der Waals surface area contributed by atoms with Crippen LogP contribution < -0.4 is 4.90 Å². The smallest absolute Gasteiger partial charge is 0.353 e. The van der Waals surface area contributed by atoms with Crippen molar-refractivity contribution >= 4 is 11.7 Å². The highest BCUT2D eigenvalue weighted by atomic mass is 19.4. The largest absolute Gasteiger partial charge is 0.433 e. The average Bonchev–Trinajstić information content (AvgIpc) is 3.24. The number of aromatic nitrogens is 4. The highest BCUT2D eigenvalue weighted by Crippen LogP contribution is 2.29. The first-order chi connectivity index (χ1) is 14.3. The molecule has 0 saturated carbocycles. The van der Waals surface area contributed by atoms with E-state index in [9.17, 15) is 22.4 Å². The van der Waals surface area contributed by atoms with Gasteiger partial charge in [0.25, 0.3) is 5.91 Å². The van der Waals surface area contributed by atoms with E-state index in [1.165, 1.54) is 12.1 Å². The second kappa shape index (κ2) is 7.73. The summed E-state index contributed by atoms with van der Waals surface area (Å²) in [5, 5.41) is 6.79. The van der Waals surface area contributed by atoms with Crippen LogP contribution in [0.2, 0.25) is 0 Å². The number of hydrogen-bond acceptors (Lipinski definition) is 5. The van der Waals surface area contributed by atoms with Crippen LogP contribution in [0.5, 0.6) is 0 Å². The summed E-state index contributed by atoms with van der Waals surface area (Å²) in [6.07, 6.45) is -3.66. The van der Waals surface area contributed by atoms with E-state index in [1.54, 1.807) is 28.0 Å². The van der Waals surface area contributed by atoms with Gasteiger partial charge in [0, 0.05) is 37.8 Å². The molecular formula is C19H16F4N6O. The minimum atomic E-state index is -4.54. The summed E-state index contributed by atoms with van der Waals surface area (Å²) < 4.78 is 51.6. The van der Waals surface area contributed by atoms with E-state index in [1.807, 2.05) is 0 Å². The van der Waals surface area contributed by atoms with E-state index in [0.717, 1.165) is 12.4 Å². The Labute approximate surface area is 168 Å². The second-order valence-corrected chi connectivity index (χ2v) is 6.71. The molecule has 0 atom stereocenters. The average molecular weight is 420 g/mol. The lowest BCUT2D eigenvalue weighted by Gasteiger charge is -2.35. The number of nitrogens with zero attached hydrogens (tertiary/aromatic N) is 5. The fraction of sp³-hybridized carbons (Fsp3) is 0.263. The van der Waals surface area contributed by atoms with E-state index in [4.69, 9.17) is 0 Å². The number of alkyl halides is 3. The van der Waals surface area contributed by atoms with Crippen molar-refractivity contribution in [3.63, 3.8) is 0 Å². The number of carbonyl (C=O) groups excluding carboxylic acids is 1. The van der Waals surface area contributed by atoms with Crippen molar-refractivity contribution in [3.05, 3.63) is 59.9 Å². The number of rotatable bonds is 3. The Bertz CT molecular complexity index is 1040. The van der Waals surface area contributed by atoms with Gasteiger partial charge in [-0.25, -0.2) is 14.4 Å². The number of piperazine rings is 1. The third-order valence-corrected chi connectivity index (χ3v) is 4.78. The first-order valence-electron chi connectivity index (χ1n) is 9.06. The zero-order chi connectivity index (χ0) is 21.3. The van der Waals surface area contributed by atoms with E-state index < -0.39 is 11.9 Å². The normalized spacial score (nSPS) is 14.8. The van der Waals surface area contributed by atoms with Gasteiger partial charge in [-0.3, -0.25) is 9.89 Å². The monoisotopic (exact) mass is 420 g/mol. The van der Waals surface area contributed by atoms with Crippen molar-refractivity contribution in [2.75, 3.05) is 31.1 Å². The third-order valence-electron chi connectivity index (χ3n) is 4.78. The molecule has 0 spiro atoms. The topological polar surface area (TPSA) is 78.0 Å². The van der Waals surface area contributed by atoms with Crippen LogP contribution in [0.3, 0.4) is 0 Å². The number of benzene rings is 1. The number of aromatic amines is 1. The van der Waals surface area contributed by atoms with Crippen molar-refractivity contribution in [3.8, 4) is 11.3 Å². The molecule has 30 heavy (non-hydrogen) atoms. The summed E-state index contributed by atoms with van der Waals surface area (Å²) in [6.45, 7) is 1.29. The van der Waals surface area contributed by atoms with Gasteiger partial charge in [-0.15, -0.1) is 0 Å². The summed E-state index contributed by atoms with van der Waals surface area (Å²) >= 11 is 0. The molecule has 1 amide bonds. The Hall–Kier alpha value is -3.50. The molecule has 0 radical (unpaired) electrons. The summed E-state index contributed by atoms with van der Waals surface area (Å²) in [7, 11) is 0. The van der Waals surface area contributed by atoms with Crippen molar-refractivity contribution in [2.45, 2.75) is 6.18 Å². The van der Waals surface area contributed by atoms with E-state index in [-0.39, 0.29) is 23.2 Å². The number of nitrogens with one attached hydrogen (secondary N) is 1. The zero-order valence-electron chi connectivity index (χ0n) is 15.5. The van der Waals surface area contributed by atoms with E-state index >= 15 is 0 Å². The van der Waals surface area contributed by atoms with Crippen molar-refractivity contribution in [2.24, 2.45) is 0 Å². The van der Waals surface area contributed by atoms with Gasteiger partial charge in [0.1, 0.15) is 29.4 Å². The fourth-order valence-corrected chi connectivity index (χ4v) is 3.18. The van der Waals surface area contributed by atoms with Crippen molar-refractivity contribution in [1.82, 2.24) is 25.1 Å². The zero-order valence-corrected chi connectivity index (χ0v) is 15.5. The number of carbonyl (C=O) groups is 1. The molecule has 7 nitrogen and oxygen atoms in total. The SMILES string of the molecule is O=C(c1cc(-c2ccc(F)cc2)n[nH]1)N1CCN(c2cc(C(F)(F)F)ncn2)CC1. The summed E-state index contributed by atoms with van der Waals surface area (Å²) in [4.78, 5) is 23.2. The lowest BCUT2D eigenvalue weighted by Crippen LogP contribution is -2.49. The molecule has 1 aliphatic rings. The van der Waals surface area contributed by atoms with Crippen LogP contribution in [0.25, 0.3) is 11.3 Å². The van der Waals surface area contributed by atoms with Crippen LogP contribution in [0.15, 0.2) is 42.7 Å². The maximum Gasteiger partial charge on any atom is 0.433 e. The van der Waals surface area contributed by atoms with Gasteiger partial charge >= 0.3 is 6.18 Å². The maximum atomic E-state index is 13.1. The van der Waals surface area contributed by atoms with Crippen LogP contribution in [0.4, 0.5) is 23.4 Å². The molecule has 1 N–H and O–H groups in total. The second-order valence-electron chi connectivity index (χ2n) is 6.71. The number of anilines is 1. The summed E-state index contributed by atoms with van der Waals surface area (Å²) in [6, 6.07) is 8.23. The standard InChI is InChI=1S/C19H16F4N6O/c20-13-3-1-12(2-4-13)14-9-15(27-26-14)18(30)29-7-5-28(6-8-29)17-10-16(19(21,22)23)24-11-25-17/h1-4,9-11H,5-8H2,(H,26,27). The Kier molecular flexibility index (Phi) is 5.10. The summed E-state index contributed by atoms with van der Waals surface area (Å²) in [5.74, 6) is -0.465. The van der Waals surface area contributed by atoms with Gasteiger partial charge in [0.05, 0.1) is 5.69 Å². The fourth-order valence-electron chi connectivity index (χ4n) is 3.18. The summed E-state index contributed by atoms with van der Waals surface area (Å²) in [5.41, 5.74) is 0.458. The molecular weight excluding hydrogens is 404 g/mol. The number of amides is 1. The molecule has 1 aromatic carbocycles. The van der Waals surface area contributed by atoms with Gasteiger partial charge in [-0.1, -0.05) is 0 Å². The Morgan fingerprint density at radius 1 is 1.00 bits per heavy atom. The minimum Gasteiger partial charge on any atom is -0.353 e. The van der Waals surface area contributed by atoms with Crippen LogP contribution >= 0.6 is 0 Å². The van der Waals surface area contributed by atoms with Crippen LogP contribution in [0.1, 0.15) is 16.2 Å². The minimum absolute atomic E-state index is 0.171. The first kappa shape index (κ1) is 19.8. The van der Waals surface area contributed by atoms with Crippen LogP contribution in [-0.2, 0) is 6.18 Å². The first-order valence-corrected chi connectivity index (χ1v) is 9.06. The van der Waals surface area contributed by atoms with Gasteiger partial charge in [-0.2, -0.15) is 18.3 Å². The van der Waals surface area contributed by atoms with E-state index in [2.05, 4.69) is 20.2 Å². The Morgan fingerprint density at radius 3 is 2.37 bits per heavy atom. The molecule has 1 saturated heterocycles. The number of hydrogen-bond donors (Lipinski definition) is 1. The molecule has 1 fully saturated rings. The molecule has 0 bridgehead atoms. The lowest BCUT2D eigenvalue weighted by atomic mass is 10.1. The van der Waals surface area contributed by atoms with Gasteiger partial charge < -0.3 is 9.80 Å². The maximum absolute atomic E-state index is 13.1. The van der Waals surface area contributed by atoms with E-state index in [0.29, 0.717) is 37.4 Å². The predicted molar refractivity (Wildman–Crippen MR) is 99.1 cm³/mol. The lowest BCUT2D eigenvalue weighted by molar-refractivity contribution is -0.141. The molecule has 4 rings (SSSR count). The van der Waals surface area contributed by atoms with Crippen molar-refractivity contribution < 1.29 is 22.4 Å². The molecule has 1 aliphatic heterocycles. The number of halogens is 4. The number of H-pyrrole nitrogens is 1. The predicted octanol–water partition coefficient (Wildman–Crippen LogP) is 2.99. The molecule has 0 unspecified atom stereocenters. The molecule has 0 aliphatic carbocycles. The molecule has 3 heterocycles. The van der Waals surface area contributed by atoms with Gasteiger partial charge in [0.15, 0.2) is 0 Å². The highest BCUT2D eigenvalue weighted by molar-refractivity contribution is 5.93.